The van der Waals surface area contributed by atoms with Crippen LogP contribution >= 0.6 is 11.6 Å². The number of amides is 1. The van der Waals surface area contributed by atoms with Crippen LogP contribution in [0.3, 0.4) is 0 Å². The van der Waals surface area contributed by atoms with Crippen molar-refractivity contribution in [3.63, 3.8) is 0 Å². The molecule has 0 aliphatic carbocycles. The van der Waals surface area contributed by atoms with E-state index in [9.17, 15) is 9.59 Å². The van der Waals surface area contributed by atoms with Crippen LogP contribution < -0.4 is 5.32 Å². The molecule has 0 aliphatic heterocycles. The predicted octanol–water partition coefficient (Wildman–Crippen LogP) is 1.64. The minimum atomic E-state index is -1.09. The Kier molecular flexibility index (Phi) is 3.01. The molecule has 88 valence electrons. The molecule has 2 rings (SSSR count). The lowest BCUT2D eigenvalue weighted by molar-refractivity contribution is -0.135. The van der Waals surface area contributed by atoms with Crippen molar-refractivity contribution < 1.29 is 14.7 Å². The fourth-order valence-corrected chi connectivity index (χ4v) is 1.72. The number of rotatable bonds is 3. The number of para-hydroxylation sites is 1. The number of nitrogens with one attached hydrogen (secondary N) is 2. The van der Waals surface area contributed by atoms with Gasteiger partial charge >= 0.3 is 5.97 Å². The number of fused-ring (bicyclic) bond motifs is 1. The van der Waals surface area contributed by atoms with Crippen LogP contribution in [0.5, 0.6) is 0 Å². The number of H-pyrrole nitrogens is 1. The molecule has 0 spiro atoms. The van der Waals surface area contributed by atoms with Gasteiger partial charge in [-0.3, -0.25) is 9.59 Å². The molecule has 0 aliphatic rings. The number of carbonyl (C=O) groups is 2. The summed E-state index contributed by atoms with van der Waals surface area (Å²) in [6.45, 7) is -0.415. The van der Waals surface area contributed by atoms with E-state index in [1.807, 2.05) is 6.07 Å². The van der Waals surface area contributed by atoms with Crippen LogP contribution in [0.25, 0.3) is 10.9 Å². The van der Waals surface area contributed by atoms with Crippen LogP contribution in [0, 0.1) is 0 Å². The summed E-state index contributed by atoms with van der Waals surface area (Å²) in [6.07, 6.45) is 0. The van der Waals surface area contributed by atoms with E-state index in [2.05, 4.69) is 10.3 Å². The largest absolute Gasteiger partial charge is 0.480 e. The van der Waals surface area contributed by atoms with E-state index in [-0.39, 0.29) is 5.69 Å². The fourth-order valence-electron chi connectivity index (χ4n) is 1.49. The van der Waals surface area contributed by atoms with Crippen molar-refractivity contribution in [1.29, 1.82) is 0 Å². The van der Waals surface area contributed by atoms with Gasteiger partial charge in [-0.1, -0.05) is 23.7 Å². The van der Waals surface area contributed by atoms with Gasteiger partial charge in [0.2, 0.25) is 0 Å². The number of halogens is 1. The highest BCUT2D eigenvalue weighted by Gasteiger charge is 2.11. The van der Waals surface area contributed by atoms with Crippen LogP contribution in [0.2, 0.25) is 5.02 Å². The van der Waals surface area contributed by atoms with E-state index in [0.717, 1.165) is 5.39 Å². The number of carbonyl (C=O) groups excluding carboxylic acids is 1. The third-order valence-corrected chi connectivity index (χ3v) is 2.57. The number of hydrogen-bond acceptors (Lipinski definition) is 2. The third-order valence-electron chi connectivity index (χ3n) is 2.25. The molecule has 1 heterocycles. The first kappa shape index (κ1) is 11.5. The van der Waals surface area contributed by atoms with Crippen molar-refractivity contribution >= 4 is 34.4 Å². The van der Waals surface area contributed by atoms with Gasteiger partial charge in [0.05, 0.1) is 10.5 Å². The monoisotopic (exact) mass is 252 g/mol. The topological polar surface area (TPSA) is 82.2 Å². The molecule has 0 unspecified atom stereocenters. The highest BCUT2D eigenvalue weighted by molar-refractivity contribution is 6.35. The molecular weight excluding hydrogens is 244 g/mol. The maximum absolute atomic E-state index is 11.6. The maximum atomic E-state index is 11.6. The molecule has 2 aromatic rings. The molecule has 1 aromatic heterocycles. The Morgan fingerprint density at radius 2 is 2.18 bits per heavy atom. The Balaban J connectivity index is 2.27. The van der Waals surface area contributed by atoms with Gasteiger partial charge in [-0.2, -0.15) is 0 Å². The number of carboxylic acid groups (broad SMARTS) is 1. The molecule has 5 nitrogen and oxygen atoms in total. The van der Waals surface area contributed by atoms with Gasteiger partial charge in [-0.15, -0.1) is 0 Å². The van der Waals surface area contributed by atoms with Gasteiger partial charge in [0.15, 0.2) is 0 Å². The third kappa shape index (κ3) is 2.39. The lowest BCUT2D eigenvalue weighted by Gasteiger charge is -1.98. The molecule has 6 heteroatoms. The first-order valence-corrected chi connectivity index (χ1v) is 5.23. The van der Waals surface area contributed by atoms with Crippen molar-refractivity contribution in [2.45, 2.75) is 0 Å². The van der Waals surface area contributed by atoms with Crippen LogP contribution in [-0.2, 0) is 4.79 Å². The molecule has 1 amide bonds. The lowest BCUT2D eigenvalue weighted by atomic mass is 10.2. The molecule has 0 radical (unpaired) electrons. The summed E-state index contributed by atoms with van der Waals surface area (Å²) in [5.41, 5.74) is 0.948. The van der Waals surface area contributed by atoms with E-state index in [4.69, 9.17) is 16.7 Å². The highest BCUT2D eigenvalue weighted by atomic mass is 35.5. The number of benzene rings is 1. The van der Waals surface area contributed by atoms with Gasteiger partial charge in [-0.25, -0.2) is 0 Å². The molecular formula is C11H9ClN2O3. The van der Waals surface area contributed by atoms with Crippen LogP contribution in [0.1, 0.15) is 10.5 Å². The van der Waals surface area contributed by atoms with Crippen molar-refractivity contribution in [3.05, 3.63) is 35.0 Å². The molecule has 0 fully saturated rings. The molecule has 0 saturated heterocycles. The summed E-state index contributed by atoms with van der Waals surface area (Å²) in [6, 6.07) is 6.92. The second-order valence-electron chi connectivity index (χ2n) is 3.46. The lowest BCUT2D eigenvalue weighted by Crippen LogP contribution is -2.29. The average Bonchev–Trinajstić information content (AvgIpc) is 2.71. The quantitative estimate of drug-likeness (QED) is 0.777. The summed E-state index contributed by atoms with van der Waals surface area (Å²) in [5.74, 6) is -1.56. The summed E-state index contributed by atoms with van der Waals surface area (Å²) in [7, 11) is 0. The van der Waals surface area contributed by atoms with Crippen molar-refractivity contribution in [2.24, 2.45) is 0 Å². The van der Waals surface area contributed by atoms with Gasteiger partial charge in [0.25, 0.3) is 5.91 Å². The normalized spacial score (nSPS) is 10.4. The Morgan fingerprint density at radius 3 is 2.82 bits per heavy atom. The first-order valence-electron chi connectivity index (χ1n) is 4.85. The van der Waals surface area contributed by atoms with E-state index in [1.54, 1.807) is 18.2 Å². The number of aliphatic carboxylic acids is 1. The SMILES string of the molecule is O=C(O)CNC(=O)c1cc2cccc(Cl)c2[nH]1. The first-order chi connectivity index (χ1) is 8.08. The minimum absolute atomic E-state index is 0.286. The van der Waals surface area contributed by atoms with Crippen molar-refractivity contribution in [2.75, 3.05) is 6.54 Å². The molecule has 1 aromatic carbocycles. The Hall–Kier alpha value is -2.01. The Morgan fingerprint density at radius 1 is 1.41 bits per heavy atom. The standard InChI is InChI=1S/C11H9ClN2O3/c12-7-3-1-2-6-4-8(14-10(6)7)11(17)13-5-9(15)16/h1-4,14H,5H2,(H,13,17)(H,15,16). The number of carboxylic acids is 1. The maximum Gasteiger partial charge on any atom is 0.322 e. The average molecular weight is 253 g/mol. The molecule has 0 bridgehead atoms. The number of aromatic amines is 1. The number of hydrogen-bond donors (Lipinski definition) is 3. The molecule has 17 heavy (non-hydrogen) atoms. The van der Waals surface area contributed by atoms with Crippen LogP contribution in [0.4, 0.5) is 0 Å². The molecule has 3 N–H and O–H groups in total. The minimum Gasteiger partial charge on any atom is -0.480 e. The van der Waals surface area contributed by atoms with Crippen LogP contribution in [0.15, 0.2) is 24.3 Å². The summed E-state index contributed by atoms with van der Waals surface area (Å²) < 4.78 is 0. The zero-order valence-corrected chi connectivity index (χ0v) is 9.41. The van der Waals surface area contributed by atoms with Crippen molar-refractivity contribution in [1.82, 2.24) is 10.3 Å². The highest BCUT2D eigenvalue weighted by Crippen LogP contribution is 2.23. The van der Waals surface area contributed by atoms with E-state index < -0.39 is 18.4 Å². The fraction of sp³-hybridized carbons (Fsp3) is 0.0909. The van der Waals surface area contributed by atoms with Gasteiger partial charge < -0.3 is 15.4 Å². The van der Waals surface area contributed by atoms with Crippen molar-refractivity contribution in [3.8, 4) is 0 Å². The smallest absolute Gasteiger partial charge is 0.322 e. The second-order valence-corrected chi connectivity index (χ2v) is 3.87. The van der Waals surface area contributed by atoms with Gasteiger partial charge in [-0.05, 0) is 12.1 Å². The summed E-state index contributed by atoms with van der Waals surface area (Å²) >= 11 is 5.95. The van der Waals surface area contributed by atoms with Gasteiger partial charge in [0.1, 0.15) is 12.2 Å². The Bertz CT molecular complexity index is 591. The van der Waals surface area contributed by atoms with E-state index >= 15 is 0 Å². The summed E-state index contributed by atoms with van der Waals surface area (Å²) in [4.78, 5) is 24.7. The molecule has 0 atom stereocenters. The van der Waals surface area contributed by atoms with Gasteiger partial charge in [0, 0.05) is 5.39 Å². The predicted molar refractivity (Wildman–Crippen MR) is 63.3 cm³/mol. The zero-order chi connectivity index (χ0) is 12.4. The van der Waals surface area contributed by atoms with Crippen LogP contribution in [-0.4, -0.2) is 28.5 Å². The Labute approximate surface area is 101 Å². The van der Waals surface area contributed by atoms with E-state index in [0.29, 0.717) is 10.5 Å². The zero-order valence-electron chi connectivity index (χ0n) is 8.66. The van der Waals surface area contributed by atoms with E-state index in [1.165, 1.54) is 0 Å². The second kappa shape index (κ2) is 4.47. The molecule has 0 saturated carbocycles. The number of aromatic nitrogens is 1. The summed E-state index contributed by atoms with van der Waals surface area (Å²) in [5, 5.41) is 12.0.